The van der Waals surface area contributed by atoms with Gasteiger partial charge in [-0.3, -0.25) is 14.4 Å². The van der Waals surface area contributed by atoms with Gasteiger partial charge in [0.1, 0.15) is 6.10 Å². The van der Waals surface area contributed by atoms with Crippen molar-refractivity contribution < 1.29 is 38.8 Å². The third-order valence-corrected chi connectivity index (χ3v) is 12.5. The van der Waals surface area contributed by atoms with Gasteiger partial charge in [0.15, 0.2) is 11.9 Å². The van der Waals surface area contributed by atoms with Gasteiger partial charge in [0.2, 0.25) is 0 Å². The number of ether oxygens (including phenoxy) is 3. The molecule has 0 aromatic carbocycles. The number of aliphatic hydroxyl groups is 2. The minimum atomic E-state index is -1.29. The molecular weight excluding hydrogens is 520 g/mol. The molecule has 1 saturated heterocycles. The van der Waals surface area contributed by atoms with Crippen molar-refractivity contribution in [3.05, 3.63) is 33.5 Å². The maximum atomic E-state index is 14.5. The molecule has 0 amide bonds. The van der Waals surface area contributed by atoms with E-state index in [1.165, 1.54) is 0 Å². The molecular formula is C30H36O8S. The Morgan fingerprint density at radius 1 is 1.23 bits per heavy atom. The zero-order valence-electron chi connectivity index (χ0n) is 22.6. The van der Waals surface area contributed by atoms with Crippen LogP contribution in [-0.2, 0) is 35.0 Å². The molecule has 1 aromatic heterocycles. The Hall–Kier alpha value is -2.07. The number of ketones is 1. The monoisotopic (exact) mass is 556 g/mol. The molecule has 0 radical (unpaired) electrons. The number of rotatable bonds is 6. The number of aryl methyl sites for hydroxylation is 1. The van der Waals surface area contributed by atoms with Crippen molar-refractivity contribution in [1.29, 1.82) is 0 Å². The van der Waals surface area contributed by atoms with E-state index in [0.717, 1.165) is 17.7 Å². The molecule has 6 aliphatic rings. The summed E-state index contributed by atoms with van der Waals surface area (Å²) in [4.78, 5) is 41.5. The Labute approximate surface area is 231 Å². The molecule has 2 N–H and O–H groups in total. The summed E-state index contributed by atoms with van der Waals surface area (Å²) in [6.07, 6.45) is -0.0334. The van der Waals surface area contributed by atoms with E-state index in [4.69, 9.17) is 14.2 Å². The van der Waals surface area contributed by atoms with Crippen LogP contribution in [0, 0.1) is 28.1 Å². The molecule has 0 bridgehead atoms. The molecule has 4 unspecified atom stereocenters. The average Bonchev–Trinajstić information content (AvgIpc) is 3.60. The lowest BCUT2D eigenvalue weighted by molar-refractivity contribution is -0.388. The third kappa shape index (κ3) is 3.08. The van der Waals surface area contributed by atoms with Gasteiger partial charge in [-0.2, -0.15) is 0 Å². The fraction of sp³-hybridized carbons (Fsp3) is 0.700. The molecule has 5 aliphatic carbocycles. The van der Waals surface area contributed by atoms with Crippen LogP contribution in [0.3, 0.4) is 0 Å². The summed E-state index contributed by atoms with van der Waals surface area (Å²) in [5.74, 6) is -1.32. The van der Waals surface area contributed by atoms with E-state index < -0.39 is 46.1 Å². The highest BCUT2D eigenvalue weighted by Crippen LogP contribution is 2.84. The second-order valence-corrected chi connectivity index (χ2v) is 14.1. The lowest BCUT2D eigenvalue weighted by Crippen LogP contribution is -2.88. The first-order valence-electron chi connectivity index (χ1n) is 14.2. The molecule has 39 heavy (non-hydrogen) atoms. The number of thiophene rings is 1. The van der Waals surface area contributed by atoms with Crippen molar-refractivity contribution in [2.75, 3.05) is 6.61 Å². The van der Waals surface area contributed by atoms with E-state index >= 15 is 0 Å². The third-order valence-electron chi connectivity index (χ3n) is 11.6. The van der Waals surface area contributed by atoms with E-state index in [2.05, 4.69) is 0 Å². The number of esters is 2. The van der Waals surface area contributed by atoms with Crippen molar-refractivity contribution in [1.82, 2.24) is 0 Å². The van der Waals surface area contributed by atoms with Gasteiger partial charge in [-0.25, -0.2) is 0 Å². The number of hydrogen-bond acceptors (Lipinski definition) is 9. The molecule has 210 valence electrons. The molecule has 1 aromatic rings. The zero-order valence-corrected chi connectivity index (χ0v) is 23.4. The fourth-order valence-electron chi connectivity index (χ4n) is 9.21. The maximum absolute atomic E-state index is 14.5. The van der Waals surface area contributed by atoms with Crippen LogP contribution < -0.4 is 0 Å². The van der Waals surface area contributed by atoms with Gasteiger partial charge >= 0.3 is 11.9 Å². The van der Waals surface area contributed by atoms with Crippen molar-refractivity contribution in [2.24, 2.45) is 28.1 Å². The second kappa shape index (κ2) is 8.24. The minimum Gasteiger partial charge on any atom is -0.458 e. The maximum Gasteiger partial charge on any atom is 0.309 e. The van der Waals surface area contributed by atoms with Crippen LogP contribution in [0.25, 0.3) is 0 Å². The summed E-state index contributed by atoms with van der Waals surface area (Å²) in [5.41, 5.74) is -2.96. The second-order valence-electron chi connectivity index (χ2n) is 13.1. The van der Waals surface area contributed by atoms with Crippen LogP contribution in [0.2, 0.25) is 0 Å². The summed E-state index contributed by atoms with van der Waals surface area (Å²) in [7, 11) is 0. The smallest absolute Gasteiger partial charge is 0.309 e. The highest BCUT2D eigenvalue weighted by molar-refractivity contribution is 7.09. The van der Waals surface area contributed by atoms with E-state index in [0.29, 0.717) is 37.0 Å². The van der Waals surface area contributed by atoms with Gasteiger partial charge in [0.25, 0.3) is 0 Å². The van der Waals surface area contributed by atoms with E-state index in [-0.39, 0.29) is 42.5 Å². The number of aliphatic hydroxyl groups excluding tert-OH is 1. The highest BCUT2D eigenvalue weighted by Gasteiger charge is 2.89. The summed E-state index contributed by atoms with van der Waals surface area (Å²) < 4.78 is 17.8. The number of carbonyl (C=O) groups is 3. The van der Waals surface area contributed by atoms with Crippen LogP contribution in [0.5, 0.6) is 0 Å². The van der Waals surface area contributed by atoms with Crippen LogP contribution in [0.1, 0.15) is 64.2 Å². The molecule has 1 spiro atoms. The molecule has 8 nitrogen and oxygen atoms in total. The topological polar surface area (TPSA) is 119 Å². The fourth-order valence-corrected chi connectivity index (χ4v) is 9.92. The van der Waals surface area contributed by atoms with Crippen molar-refractivity contribution in [3.8, 4) is 0 Å². The predicted octanol–water partition coefficient (Wildman–Crippen LogP) is 3.13. The van der Waals surface area contributed by atoms with E-state index in [1.54, 1.807) is 18.3 Å². The Balaban J connectivity index is 1.30. The predicted molar refractivity (Wildman–Crippen MR) is 140 cm³/mol. The Bertz CT molecular complexity index is 1280. The van der Waals surface area contributed by atoms with E-state index in [9.17, 15) is 24.6 Å². The largest absolute Gasteiger partial charge is 0.458 e. The molecule has 1 aliphatic heterocycles. The van der Waals surface area contributed by atoms with E-state index in [1.807, 2.05) is 31.4 Å². The zero-order chi connectivity index (χ0) is 27.5. The van der Waals surface area contributed by atoms with Crippen LogP contribution in [-0.4, -0.2) is 64.6 Å². The first-order valence-corrected chi connectivity index (χ1v) is 15.1. The Morgan fingerprint density at radius 2 is 2.00 bits per heavy atom. The highest BCUT2D eigenvalue weighted by atomic mass is 32.1. The summed E-state index contributed by atoms with van der Waals surface area (Å²) in [6, 6.07) is 3.92. The number of hydrogen-bond donors (Lipinski definition) is 2. The first-order chi connectivity index (χ1) is 18.5. The number of Topliss-reactive ketones (excluding diaryl/α,β-unsaturated/α-hetero) is 1. The lowest BCUT2D eigenvalue weighted by atomic mass is 9.22. The molecule has 2 heterocycles. The van der Waals surface area contributed by atoms with Gasteiger partial charge in [0.05, 0.1) is 42.2 Å². The van der Waals surface area contributed by atoms with Crippen molar-refractivity contribution in [2.45, 2.75) is 95.7 Å². The molecule has 9 heteroatoms. The lowest BCUT2D eigenvalue weighted by Gasteiger charge is -2.83. The van der Waals surface area contributed by atoms with Gasteiger partial charge in [-0.15, -0.1) is 11.3 Å². The van der Waals surface area contributed by atoms with Gasteiger partial charge < -0.3 is 24.4 Å². The van der Waals surface area contributed by atoms with Crippen LogP contribution >= 0.6 is 11.3 Å². The molecule has 5 fully saturated rings. The average molecular weight is 557 g/mol. The SMILES string of the molecule is CC1=C2C(OC(=O)C3CC3)C(=O)[C@]3(C)C(O)CC4OC[C@H]4C34C[C@](O)(C[C@@H]1OC(=O)CCc1cccs1)[C@]24C. The Kier molecular flexibility index (Phi) is 5.47. The molecule has 7 rings (SSSR count). The summed E-state index contributed by atoms with van der Waals surface area (Å²) in [5, 5.41) is 25.7. The van der Waals surface area contributed by atoms with Crippen molar-refractivity contribution in [3.63, 3.8) is 0 Å². The van der Waals surface area contributed by atoms with Gasteiger partial charge in [-0.1, -0.05) is 13.0 Å². The Morgan fingerprint density at radius 3 is 2.64 bits per heavy atom. The summed E-state index contributed by atoms with van der Waals surface area (Å²) >= 11 is 1.59. The van der Waals surface area contributed by atoms with Crippen molar-refractivity contribution >= 4 is 29.1 Å². The van der Waals surface area contributed by atoms with Gasteiger partial charge in [-0.05, 0) is 62.1 Å². The van der Waals surface area contributed by atoms with Gasteiger partial charge in [0, 0.05) is 34.5 Å². The minimum absolute atomic E-state index is 0.00657. The quantitative estimate of drug-likeness (QED) is 0.405. The number of fused-ring (bicyclic) bond motifs is 1. The van der Waals surface area contributed by atoms with Crippen LogP contribution in [0.15, 0.2) is 28.7 Å². The standard InChI is InChI=1S/C30H36O8S/c1-15-20(37-22(32)9-8-17-5-4-10-39-17)12-29(35)14-30-18-13-36-19(18)11-21(31)27(30,2)25(33)24(23(15)28(29,30)3)38-26(34)16-6-7-16/h4-5,10,16,18-21,24,31,35H,6-9,11-14H2,1-3H3/t18-,19?,20+,21?,24?,27+,28+,29-,30?/m1/s1. The first kappa shape index (κ1) is 25.9. The normalized spacial score (nSPS) is 45.8. The molecule has 4 saturated carbocycles. The van der Waals surface area contributed by atoms with Crippen LogP contribution in [0.4, 0.5) is 0 Å². The summed E-state index contributed by atoms with van der Waals surface area (Å²) in [6.45, 7) is 6.08. The number of carbonyl (C=O) groups excluding carboxylic acids is 3. The molecule has 9 atom stereocenters.